The number of amides is 1. The first kappa shape index (κ1) is 25.2. The van der Waals surface area contributed by atoms with Gasteiger partial charge in [0.25, 0.3) is 11.6 Å². The van der Waals surface area contributed by atoms with Crippen LogP contribution >= 0.6 is 12.2 Å². The number of aryl methyl sites for hydroxylation is 1. The van der Waals surface area contributed by atoms with Gasteiger partial charge < -0.3 is 19.7 Å². The van der Waals surface area contributed by atoms with Crippen molar-refractivity contribution in [2.24, 2.45) is 0 Å². The van der Waals surface area contributed by atoms with E-state index in [2.05, 4.69) is 22.5 Å². The molecular weight excluding hydrogens is 506 g/mol. The summed E-state index contributed by atoms with van der Waals surface area (Å²) in [4.78, 5) is 30.4. The molecule has 1 aliphatic heterocycles. The number of anilines is 2. The molecule has 4 aromatic rings. The number of hydrogen-bond donors (Lipinski definition) is 3. The fourth-order valence-corrected chi connectivity index (χ4v) is 4.68. The van der Waals surface area contributed by atoms with Crippen molar-refractivity contribution in [3.63, 3.8) is 0 Å². The highest BCUT2D eigenvalue weighted by Crippen LogP contribution is 2.34. The molecule has 11 heteroatoms. The molecule has 10 nitrogen and oxygen atoms in total. The number of nitrogens with zero attached hydrogens (tertiary/aromatic N) is 3. The van der Waals surface area contributed by atoms with Gasteiger partial charge in [-0.15, -0.1) is 0 Å². The van der Waals surface area contributed by atoms with Crippen LogP contribution in [0, 0.1) is 10.1 Å². The highest BCUT2D eigenvalue weighted by Gasteiger charge is 2.24. The molecule has 0 saturated carbocycles. The van der Waals surface area contributed by atoms with Gasteiger partial charge in [-0.05, 0) is 79.5 Å². The lowest BCUT2D eigenvalue weighted by Gasteiger charge is -2.18. The van der Waals surface area contributed by atoms with E-state index in [0.717, 1.165) is 37.9 Å². The zero-order valence-corrected chi connectivity index (χ0v) is 21.4. The molecule has 1 amide bonds. The lowest BCUT2D eigenvalue weighted by atomic mass is 10.1. The van der Waals surface area contributed by atoms with E-state index in [9.17, 15) is 20.0 Å². The number of phenols is 1. The lowest BCUT2D eigenvalue weighted by molar-refractivity contribution is -0.384. The van der Waals surface area contributed by atoms with E-state index in [1.54, 1.807) is 24.3 Å². The molecule has 0 radical (unpaired) electrons. The van der Waals surface area contributed by atoms with Crippen molar-refractivity contribution in [3.05, 3.63) is 75.8 Å². The minimum Gasteiger partial charge on any atom is -0.507 e. The minimum absolute atomic E-state index is 0.0111. The zero-order valence-electron chi connectivity index (χ0n) is 20.6. The Labute approximate surface area is 223 Å². The summed E-state index contributed by atoms with van der Waals surface area (Å²) in [6.45, 7) is 3.55. The van der Waals surface area contributed by atoms with Crippen LogP contribution in [0.15, 0.2) is 59.0 Å². The summed E-state index contributed by atoms with van der Waals surface area (Å²) < 4.78 is 5.83. The minimum atomic E-state index is -0.580. The predicted molar refractivity (Wildman–Crippen MR) is 149 cm³/mol. The molecule has 0 spiro atoms. The van der Waals surface area contributed by atoms with Gasteiger partial charge in [0.15, 0.2) is 10.7 Å². The number of nitrogens with one attached hydrogen (secondary N) is 2. The van der Waals surface area contributed by atoms with Gasteiger partial charge in [0.1, 0.15) is 17.0 Å². The average Bonchev–Trinajstić information content (AvgIpc) is 3.59. The van der Waals surface area contributed by atoms with Crippen molar-refractivity contribution in [2.45, 2.75) is 26.2 Å². The van der Waals surface area contributed by atoms with Crippen LogP contribution in [0.1, 0.15) is 35.7 Å². The number of benzene rings is 3. The number of carbonyl (C=O) groups excluding carboxylic acids is 1. The van der Waals surface area contributed by atoms with Gasteiger partial charge in [0.05, 0.1) is 10.5 Å². The molecule has 0 unspecified atom stereocenters. The second kappa shape index (κ2) is 10.5. The van der Waals surface area contributed by atoms with Crippen LogP contribution in [0.5, 0.6) is 5.75 Å². The van der Waals surface area contributed by atoms with Crippen molar-refractivity contribution < 1.29 is 19.2 Å². The van der Waals surface area contributed by atoms with Gasteiger partial charge in [-0.3, -0.25) is 20.2 Å². The number of fused-ring (bicyclic) bond motifs is 1. The molecule has 1 fully saturated rings. The first-order valence-electron chi connectivity index (χ1n) is 12.2. The van der Waals surface area contributed by atoms with Crippen molar-refractivity contribution >= 4 is 51.4 Å². The van der Waals surface area contributed by atoms with Crippen LogP contribution in [0.2, 0.25) is 0 Å². The summed E-state index contributed by atoms with van der Waals surface area (Å²) in [5.74, 6) is -0.365. The van der Waals surface area contributed by atoms with Crippen molar-refractivity contribution in [1.82, 2.24) is 10.3 Å². The van der Waals surface area contributed by atoms with E-state index in [0.29, 0.717) is 28.0 Å². The number of nitro benzene ring substituents is 1. The van der Waals surface area contributed by atoms with Gasteiger partial charge in [0.2, 0.25) is 5.89 Å². The number of thiocarbonyl (C=S) groups is 1. The summed E-state index contributed by atoms with van der Waals surface area (Å²) >= 11 is 5.30. The Kier molecular flexibility index (Phi) is 6.93. The van der Waals surface area contributed by atoms with Gasteiger partial charge in [-0.1, -0.05) is 13.0 Å². The molecular formula is C27H25N5O5S. The van der Waals surface area contributed by atoms with Crippen LogP contribution in [-0.2, 0) is 6.42 Å². The predicted octanol–water partition coefficient (Wildman–Crippen LogP) is 5.40. The largest absolute Gasteiger partial charge is 0.507 e. The van der Waals surface area contributed by atoms with Crippen LogP contribution in [0.3, 0.4) is 0 Å². The van der Waals surface area contributed by atoms with E-state index in [1.807, 2.05) is 23.1 Å². The Balaban J connectivity index is 1.31. The normalized spacial score (nSPS) is 13.0. The number of aromatic nitrogens is 1. The number of aromatic hydroxyl groups is 1. The zero-order chi connectivity index (χ0) is 26.8. The quantitative estimate of drug-likeness (QED) is 0.129. The lowest BCUT2D eigenvalue weighted by Crippen LogP contribution is -2.34. The van der Waals surface area contributed by atoms with Crippen LogP contribution in [0.25, 0.3) is 22.6 Å². The van der Waals surface area contributed by atoms with Crippen LogP contribution < -0.4 is 15.5 Å². The highest BCUT2D eigenvalue weighted by atomic mass is 32.1. The van der Waals surface area contributed by atoms with Gasteiger partial charge in [0, 0.05) is 30.4 Å². The number of phenolic OH excluding ortho intramolecular Hbond substituents is 1. The molecule has 1 aliphatic rings. The summed E-state index contributed by atoms with van der Waals surface area (Å²) in [7, 11) is 0. The number of hydrogen-bond acceptors (Lipinski definition) is 8. The Bertz CT molecular complexity index is 1560. The monoisotopic (exact) mass is 531 g/mol. The fraction of sp³-hybridized carbons (Fsp3) is 0.222. The van der Waals surface area contributed by atoms with Crippen LogP contribution in [0.4, 0.5) is 17.1 Å². The van der Waals surface area contributed by atoms with Gasteiger partial charge in [-0.25, -0.2) is 4.98 Å². The maximum Gasteiger partial charge on any atom is 0.293 e. The van der Waals surface area contributed by atoms with Gasteiger partial charge in [-0.2, -0.15) is 0 Å². The first-order valence-corrected chi connectivity index (χ1v) is 12.6. The third-order valence-corrected chi connectivity index (χ3v) is 6.66. The second-order valence-corrected chi connectivity index (χ2v) is 9.38. The summed E-state index contributed by atoms with van der Waals surface area (Å²) in [5.41, 5.74) is 3.74. The summed E-state index contributed by atoms with van der Waals surface area (Å²) in [6, 6.07) is 14.8. The fourth-order valence-electron chi connectivity index (χ4n) is 4.47. The maximum atomic E-state index is 12.8. The van der Waals surface area contributed by atoms with Crippen molar-refractivity contribution in [3.8, 4) is 17.2 Å². The number of rotatable bonds is 6. The highest BCUT2D eigenvalue weighted by molar-refractivity contribution is 7.80. The molecule has 0 atom stereocenters. The topological polar surface area (TPSA) is 134 Å². The van der Waals surface area contributed by atoms with E-state index < -0.39 is 10.8 Å². The first-order chi connectivity index (χ1) is 18.3. The van der Waals surface area contributed by atoms with E-state index in [-0.39, 0.29) is 28.0 Å². The molecule has 1 aromatic heterocycles. The Morgan fingerprint density at radius 3 is 2.68 bits per heavy atom. The number of oxazole rings is 1. The van der Waals surface area contributed by atoms with E-state index >= 15 is 0 Å². The smallest absolute Gasteiger partial charge is 0.293 e. The Morgan fingerprint density at radius 2 is 1.95 bits per heavy atom. The molecule has 3 N–H and O–H groups in total. The second-order valence-electron chi connectivity index (χ2n) is 8.97. The molecule has 3 aromatic carbocycles. The maximum absolute atomic E-state index is 12.8. The Hall–Kier alpha value is -4.51. The number of nitro groups is 1. The molecule has 38 heavy (non-hydrogen) atoms. The SMILES string of the molecule is CCc1ccc2oc(-c3cc(NC(=S)NC(=O)c4ccc(N5CCCC5)c([N+](=O)[O-])c4)ccc3O)nc2c1. The summed E-state index contributed by atoms with van der Waals surface area (Å²) in [6.07, 6.45) is 2.82. The average molecular weight is 532 g/mol. The summed E-state index contributed by atoms with van der Waals surface area (Å²) in [5, 5.41) is 27.5. The molecule has 1 saturated heterocycles. The van der Waals surface area contributed by atoms with Crippen molar-refractivity contribution in [2.75, 3.05) is 23.3 Å². The Morgan fingerprint density at radius 1 is 1.16 bits per heavy atom. The molecule has 2 heterocycles. The molecule has 194 valence electrons. The third-order valence-electron chi connectivity index (χ3n) is 6.45. The van der Waals surface area contributed by atoms with Crippen molar-refractivity contribution in [1.29, 1.82) is 0 Å². The standard InChI is InChI=1S/C27H25N5O5S/c1-2-16-5-10-24-20(13-16)29-26(37-24)19-15-18(7-9-23(19)33)28-27(38)30-25(34)17-6-8-21(22(14-17)32(35)36)31-11-3-4-12-31/h5-10,13-15,33H,2-4,11-12H2,1H3,(H2,28,30,34,38). The number of carbonyl (C=O) groups is 1. The molecule has 0 aliphatic carbocycles. The van der Waals surface area contributed by atoms with E-state index in [4.69, 9.17) is 16.6 Å². The van der Waals surface area contributed by atoms with Crippen LogP contribution in [-0.4, -0.2) is 39.1 Å². The van der Waals surface area contributed by atoms with E-state index in [1.165, 1.54) is 12.1 Å². The molecule has 0 bridgehead atoms. The van der Waals surface area contributed by atoms with Gasteiger partial charge >= 0.3 is 0 Å². The molecule has 5 rings (SSSR count). The third kappa shape index (κ3) is 5.14.